The summed E-state index contributed by atoms with van der Waals surface area (Å²) in [6.07, 6.45) is 12.5. The maximum absolute atomic E-state index is 14.0. The monoisotopic (exact) mass is 540 g/mol. The number of rotatable bonds is 9. The largest absolute Gasteiger partial charge is 0.508 e. The van der Waals surface area contributed by atoms with Gasteiger partial charge in [-0.15, -0.1) is 0 Å². The average Bonchev–Trinajstić information content (AvgIpc) is 3.12. The second kappa shape index (κ2) is 12.8. The number of halogens is 3. The summed E-state index contributed by atoms with van der Waals surface area (Å²) < 4.78 is 46.7. The van der Waals surface area contributed by atoms with Gasteiger partial charge >= 0.3 is 0 Å². The first-order valence-corrected chi connectivity index (χ1v) is 15.2. The first-order valence-electron chi connectivity index (χ1n) is 15.2. The summed E-state index contributed by atoms with van der Waals surface area (Å²) in [5.41, 5.74) is 5.81. The van der Waals surface area contributed by atoms with Crippen LogP contribution in [0.5, 0.6) is 11.5 Å². The van der Waals surface area contributed by atoms with Crippen molar-refractivity contribution in [2.45, 2.75) is 108 Å². The van der Waals surface area contributed by atoms with E-state index in [1.165, 1.54) is 24.8 Å². The van der Waals surface area contributed by atoms with Crippen LogP contribution >= 0.6 is 0 Å². The van der Waals surface area contributed by atoms with E-state index in [2.05, 4.69) is 24.3 Å². The Hall–Kier alpha value is -2.43. The van der Waals surface area contributed by atoms with Gasteiger partial charge in [0.1, 0.15) is 11.5 Å². The van der Waals surface area contributed by atoms with E-state index in [9.17, 15) is 18.3 Å². The molecule has 2 saturated carbocycles. The third kappa shape index (κ3) is 7.21. The van der Waals surface area contributed by atoms with Crippen molar-refractivity contribution in [1.29, 1.82) is 0 Å². The fraction of sp³-hybridized carbons (Fsp3) is 0.588. The van der Waals surface area contributed by atoms with Gasteiger partial charge in [-0.3, -0.25) is 4.39 Å². The molecule has 2 aromatic carbocycles. The molecule has 39 heavy (non-hydrogen) atoms. The zero-order valence-electron chi connectivity index (χ0n) is 23.1. The van der Waals surface area contributed by atoms with E-state index < -0.39 is 5.92 Å². The van der Waals surface area contributed by atoms with Crippen LogP contribution in [0.2, 0.25) is 0 Å². The second-order valence-electron chi connectivity index (χ2n) is 12.0. The lowest BCUT2D eigenvalue weighted by Gasteiger charge is -2.31. The molecule has 0 bridgehead atoms. The van der Waals surface area contributed by atoms with Crippen LogP contribution in [-0.4, -0.2) is 23.8 Å². The van der Waals surface area contributed by atoms with Crippen molar-refractivity contribution in [3.63, 3.8) is 0 Å². The van der Waals surface area contributed by atoms with Crippen LogP contribution in [0.1, 0.15) is 107 Å². The standard InChI is InChI=1S/C34H43F3O2/c35-22-3-1-2-5-24-8-13-29(14-9-24)39-30-15-10-26(11-16-30)33-31(25-18-20-34(36,37)21-19-25)7-4-6-27-23-28(38)12-17-32(27)33/h10-12,15-17,23-25,29,38H,1-9,13-14,18-22H2. The van der Waals surface area contributed by atoms with Crippen molar-refractivity contribution in [2.75, 3.05) is 6.67 Å². The number of aromatic hydroxyl groups is 1. The predicted molar refractivity (Wildman–Crippen MR) is 151 cm³/mol. The molecular weight excluding hydrogens is 497 g/mol. The predicted octanol–water partition coefficient (Wildman–Crippen LogP) is 9.82. The summed E-state index contributed by atoms with van der Waals surface area (Å²) in [6, 6.07) is 14.0. The quantitative estimate of drug-likeness (QED) is 0.321. The molecule has 3 aliphatic rings. The van der Waals surface area contributed by atoms with E-state index in [4.69, 9.17) is 4.74 Å². The highest BCUT2D eigenvalue weighted by Crippen LogP contribution is 2.46. The molecule has 3 aliphatic carbocycles. The minimum atomic E-state index is -2.54. The maximum atomic E-state index is 14.0. The van der Waals surface area contributed by atoms with Gasteiger partial charge in [0.05, 0.1) is 12.8 Å². The van der Waals surface area contributed by atoms with E-state index in [1.54, 1.807) is 6.07 Å². The number of ether oxygens (including phenoxy) is 1. The molecule has 0 spiro atoms. The molecule has 0 unspecified atom stereocenters. The van der Waals surface area contributed by atoms with E-state index in [1.807, 2.05) is 12.1 Å². The van der Waals surface area contributed by atoms with Crippen molar-refractivity contribution < 1.29 is 23.0 Å². The minimum Gasteiger partial charge on any atom is -0.508 e. The van der Waals surface area contributed by atoms with Gasteiger partial charge in [0.25, 0.3) is 0 Å². The van der Waals surface area contributed by atoms with Gasteiger partial charge in [-0.25, -0.2) is 8.78 Å². The molecule has 2 aromatic rings. The molecule has 0 amide bonds. The number of unbranched alkanes of at least 4 members (excludes halogenated alkanes) is 2. The van der Waals surface area contributed by atoms with Crippen molar-refractivity contribution in [2.24, 2.45) is 11.8 Å². The van der Waals surface area contributed by atoms with Crippen molar-refractivity contribution in [1.82, 2.24) is 0 Å². The Balaban J connectivity index is 1.31. The van der Waals surface area contributed by atoms with Crippen LogP contribution in [0.3, 0.4) is 0 Å². The second-order valence-corrected chi connectivity index (χ2v) is 12.0. The third-order valence-corrected chi connectivity index (χ3v) is 9.27. The fourth-order valence-corrected chi connectivity index (χ4v) is 7.07. The number of fused-ring (bicyclic) bond motifs is 1. The highest BCUT2D eigenvalue weighted by Gasteiger charge is 2.37. The van der Waals surface area contributed by atoms with Crippen LogP contribution in [0.4, 0.5) is 13.2 Å². The molecular formula is C34H43F3O2. The SMILES string of the molecule is Oc1ccc2c(c1)CCCC(C1CCC(F)(F)CC1)=C2c1ccc(OC2CCC(CCCCCF)CC2)cc1. The van der Waals surface area contributed by atoms with Crippen LogP contribution < -0.4 is 4.74 Å². The molecule has 212 valence electrons. The van der Waals surface area contributed by atoms with Gasteiger partial charge in [0, 0.05) is 12.8 Å². The number of alkyl halides is 3. The van der Waals surface area contributed by atoms with Crippen molar-refractivity contribution in [3.8, 4) is 11.5 Å². The number of allylic oxidation sites excluding steroid dienone is 1. The Morgan fingerprint density at radius 1 is 0.846 bits per heavy atom. The number of hydrogen-bond donors (Lipinski definition) is 1. The summed E-state index contributed by atoms with van der Waals surface area (Å²) >= 11 is 0. The normalized spacial score (nSPS) is 23.8. The van der Waals surface area contributed by atoms with Gasteiger partial charge in [0.2, 0.25) is 5.92 Å². The summed E-state index contributed by atoms with van der Waals surface area (Å²) in [5, 5.41) is 10.2. The highest BCUT2D eigenvalue weighted by molar-refractivity contribution is 5.85. The molecule has 0 aliphatic heterocycles. The smallest absolute Gasteiger partial charge is 0.248 e. The fourth-order valence-electron chi connectivity index (χ4n) is 7.07. The Labute approximate surface area is 231 Å². The first-order chi connectivity index (χ1) is 18.9. The van der Waals surface area contributed by atoms with Gasteiger partial charge in [-0.1, -0.05) is 43.0 Å². The zero-order chi connectivity index (χ0) is 27.2. The molecule has 0 aromatic heterocycles. The summed E-state index contributed by atoms with van der Waals surface area (Å²) in [6.45, 7) is -0.201. The van der Waals surface area contributed by atoms with Crippen molar-refractivity contribution in [3.05, 3.63) is 64.7 Å². The van der Waals surface area contributed by atoms with E-state index >= 15 is 0 Å². The lowest BCUT2D eigenvalue weighted by atomic mass is 9.77. The highest BCUT2D eigenvalue weighted by atomic mass is 19.3. The topological polar surface area (TPSA) is 29.5 Å². The molecule has 1 N–H and O–H groups in total. The molecule has 0 saturated heterocycles. The molecule has 5 rings (SSSR count). The van der Waals surface area contributed by atoms with Crippen LogP contribution in [0.15, 0.2) is 48.0 Å². The minimum absolute atomic E-state index is 0.0382. The van der Waals surface area contributed by atoms with E-state index in [0.717, 1.165) is 78.9 Å². The van der Waals surface area contributed by atoms with Gasteiger partial charge in [0.15, 0.2) is 0 Å². The summed E-state index contributed by atoms with van der Waals surface area (Å²) in [7, 11) is 0. The number of phenols is 1. The molecule has 2 fully saturated rings. The average molecular weight is 541 g/mol. The zero-order valence-corrected chi connectivity index (χ0v) is 23.1. The van der Waals surface area contributed by atoms with Gasteiger partial charge in [-0.2, -0.15) is 0 Å². The Morgan fingerprint density at radius 2 is 1.59 bits per heavy atom. The Morgan fingerprint density at radius 3 is 2.31 bits per heavy atom. The first kappa shape index (κ1) is 28.1. The Bertz CT molecular complexity index is 1110. The lowest BCUT2D eigenvalue weighted by Crippen LogP contribution is -2.26. The van der Waals surface area contributed by atoms with E-state index in [-0.39, 0.29) is 37.3 Å². The molecule has 0 radical (unpaired) electrons. The third-order valence-electron chi connectivity index (χ3n) is 9.27. The van der Waals surface area contributed by atoms with Crippen LogP contribution in [-0.2, 0) is 6.42 Å². The number of benzene rings is 2. The summed E-state index contributed by atoms with van der Waals surface area (Å²) in [4.78, 5) is 0. The maximum Gasteiger partial charge on any atom is 0.248 e. The molecule has 2 nitrogen and oxygen atoms in total. The number of aryl methyl sites for hydroxylation is 1. The van der Waals surface area contributed by atoms with E-state index in [0.29, 0.717) is 19.3 Å². The molecule has 0 heterocycles. The summed E-state index contributed by atoms with van der Waals surface area (Å²) in [5.74, 6) is -0.482. The lowest BCUT2D eigenvalue weighted by molar-refractivity contribution is -0.0423. The number of hydrogen-bond acceptors (Lipinski definition) is 2. The number of phenolic OH excluding ortho intramolecular Hbond substituents is 1. The van der Waals surface area contributed by atoms with Crippen LogP contribution in [0, 0.1) is 11.8 Å². The molecule has 5 heteroatoms. The van der Waals surface area contributed by atoms with Gasteiger partial charge < -0.3 is 9.84 Å². The van der Waals surface area contributed by atoms with Gasteiger partial charge in [-0.05, 0) is 123 Å². The van der Waals surface area contributed by atoms with Crippen LogP contribution in [0.25, 0.3) is 5.57 Å². The molecule has 0 atom stereocenters. The Kier molecular flexibility index (Phi) is 9.25. The van der Waals surface area contributed by atoms with Crippen molar-refractivity contribution >= 4 is 5.57 Å².